The number of methoxy groups -OCH3 is 1. The van der Waals surface area contributed by atoms with Gasteiger partial charge < -0.3 is 23.7 Å². The summed E-state index contributed by atoms with van der Waals surface area (Å²) in [6, 6.07) is 13.3. The molecule has 6 rings (SSSR count). The van der Waals surface area contributed by atoms with E-state index in [2.05, 4.69) is 4.74 Å². The third-order valence-corrected chi connectivity index (χ3v) is 7.20. The minimum Gasteiger partial charge on any atom is -0.456 e. The summed E-state index contributed by atoms with van der Waals surface area (Å²) in [5.74, 6) is -1.68. The first-order chi connectivity index (χ1) is 19.4. The number of fused-ring (bicyclic) bond motifs is 2. The highest BCUT2D eigenvalue weighted by Gasteiger charge is 2.39. The molecule has 0 bridgehead atoms. The summed E-state index contributed by atoms with van der Waals surface area (Å²) in [6.07, 6.45) is 10.5. The van der Waals surface area contributed by atoms with Crippen molar-refractivity contribution in [2.45, 2.75) is 82.7 Å². The highest BCUT2D eigenvalue weighted by molar-refractivity contribution is 6.14. The number of esters is 3. The van der Waals surface area contributed by atoms with Crippen LogP contribution < -0.4 is 0 Å². The Kier molecular flexibility index (Phi) is 11.7. The number of Topliss-reactive ketones (excluding diaryl/α,β-unsaturated/α-hetero) is 1. The van der Waals surface area contributed by atoms with Gasteiger partial charge in [0.05, 0.1) is 35.0 Å². The van der Waals surface area contributed by atoms with Gasteiger partial charge in [-0.1, -0.05) is 49.6 Å². The second-order valence-electron chi connectivity index (χ2n) is 9.82. The lowest BCUT2D eigenvalue weighted by Gasteiger charge is -2.30. The molecule has 2 heterocycles. The van der Waals surface area contributed by atoms with E-state index >= 15 is 0 Å². The molecule has 0 spiro atoms. The van der Waals surface area contributed by atoms with Gasteiger partial charge in [0.1, 0.15) is 12.9 Å². The summed E-state index contributed by atoms with van der Waals surface area (Å²) in [4.78, 5) is 53.5. The fraction of sp³-hybridized carbons (Fsp3) is 0.452. The highest BCUT2D eigenvalue weighted by atomic mass is 16.6. The first-order valence-electron chi connectivity index (χ1n) is 13.5. The Balaban J connectivity index is 0.000000182. The average Bonchev–Trinajstić information content (AvgIpc) is 3.73. The summed E-state index contributed by atoms with van der Waals surface area (Å²) in [7, 11) is 1.64. The number of epoxide rings is 1. The van der Waals surface area contributed by atoms with Gasteiger partial charge in [-0.25, -0.2) is 14.4 Å². The van der Waals surface area contributed by atoms with Gasteiger partial charge in [-0.2, -0.15) is 0 Å². The Morgan fingerprint density at radius 3 is 1.73 bits per heavy atom. The zero-order valence-corrected chi connectivity index (χ0v) is 23.0. The van der Waals surface area contributed by atoms with Crippen LogP contribution in [0.15, 0.2) is 48.5 Å². The van der Waals surface area contributed by atoms with Crippen LogP contribution in [0, 0.1) is 0 Å². The molecule has 4 aliphatic rings. The zero-order chi connectivity index (χ0) is 29.1. The minimum atomic E-state index is -0.550. The van der Waals surface area contributed by atoms with Crippen LogP contribution in [0.2, 0.25) is 0 Å². The van der Waals surface area contributed by atoms with E-state index in [9.17, 15) is 19.2 Å². The molecule has 2 aliphatic carbocycles. The fourth-order valence-corrected chi connectivity index (χ4v) is 5.05. The molecule has 0 aromatic heterocycles. The zero-order valence-electron chi connectivity index (χ0n) is 23.0. The Morgan fingerprint density at radius 1 is 0.750 bits per heavy atom. The molecule has 9 heteroatoms. The molecule has 0 N–H and O–H groups in total. The smallest absolute Gasteiger partial charge is 0.346 e. The van der Waals surface area contributed by atoms with E-state index in [1.165, 1.54) is 32.6 Å². The van der Waals surface area contributed by atoms with E-state index in [1.54, 1.807) is 55.6 Å². The van der Waals surface area contributed by atoms with Crippen molar-refractivity contribution in [3.05, 3.63) is 70.8 Å². The molecule has 40 heavy (non-hydrogen) atoms. The maximum atomic E-state index is 12.3. The van der Waals surface area contributed by atoms with Crippen molar-refractivity contribution < 1.29 is 42.9 Å². The molecule has 214 valence electrons. The van der Waals surface area contributed by atoms with Crippen molar-refractivity contribution in [3.63, 3.8) is 0 Å². The van der Waals surface area contributed by atoms with Crippen LogP contribution in [0.5, 0.6) is 0 Å². The van der Waals surface area contributed by atoms with Crippen LogP contribution in [-0.2, 0) is 23.7 Å². The molecular formula is C31H36O9. The largest absolute Gasteiger partial charge is 0.456 e. The maximum Gasteiger partial charge on any atom is 0.346 e. The number of rotatable bonds is 4. The Bertz CT molecular complexity index is 1150. The molecule has 0 radical (unpaired) electrons. The van der Waals surface area contributed by atoms with Crippen molar-refractivity contribution in [2.75, 3.05) is 7.11 Å². The van der Waals surface area contributed by atoms with Crippen LogP contribution in [0.1, 0.15) is 99.7 Å². The Morgan fingerprint density at radius 2 is 1.23 bits per heavy atom. The molecule has 0 amide bonds. The van der Waals surface area contributed by atoms with Gasteiger partial charge >= 0.3 is 17.9 Å². The summed E-state index contributed by atoms with van der Waals surface area (Å²) in [5.41, 5.74) is 1.46. The lowest BCUT2D eigenvalue weighted by atomic mass is 9.94. The van der Waals surface area contributed by atoms with Crippen molar-refractivity contribution in [1.82, 2.24) is 0 Å². The number of carbonyl (C=O) groups is 5. The van der Waals surface area contributed by atoms with Crippen LogP contribution in [0.4, 0.5) is 0 Å². The van der Waals surface area contributed by atoms with Crippen molar-refractivity contribution in [3.8, 4) is 0 Å². The summed E-state index contributed by atoms with van der Waals surface area (Å²) >= 11 is 0. The minimum absolute atomic E-state index is 0.0443. The molecule has 3 fully saturated rings. The predicted octanol–water partition coefficient (Wildman–Crippen LogP) is 5.14. The summed E-state index contributed by atoms with van der Waals surface area (Å²) in [5, 5.41) is 0. The van der Waals surface area contributed by atoms with Gasteiger partial charge in [0.15, 0.2) is 5.78 Å². The number of hydrogen-bond acceptors (Lipinski definition) is 9. The number of ether oxygens (including phenoxy) is 4. The highest BCUT2D eigenvalue weighted by Crippen LogP contribution is 2.35. The van der Waals surface area contributed by atoms with Crippen LogP contribution in [0.25, 0.3) is 0 Å². The van der Waals surface area contributed by atoms with Crippen molar-refractivity contribution in [2.24, 2.45) is 0 Å². The van der Waals surface area contributed by atoms with E-state index in [0.717, 1.165) is 25.7 Å². The molecular weight excluding hydrogens is 516 g/mol. The third-order valence-electron chi connectivity index (χ3n) is 7.20. The summed E-state index contributed by atoms with van der Waals surface area (Å²) in [6.45, 7) is 3.45. The van der Waals surface area contributed by atoms with Gasteiger partial charge in [-0.05, 0) is 57.2 Å². The van der Waals surface area contributed by atoms with E-state index in [-0.39, 0.29) is 18.0 Å². The lowest BCUT2D eigenvalue weighted by molar-refractivity contribution is -0.0980. The van der Waals surface area contributed by atoms with Crippen LogP contribution >= 0.6 is 0 Å². The molecule has 2 aromatic rings. The molecule has 4 atom stereocenters. The van der Waals surface area contributed by atoms with E-state index in [1.807, 2.05) is 6.79 Å². The first kappa shape index (κ1) is 30.8. The third kappa shape index (κ3) is 8.16. The van der Waals surface area contributed by atoms with Gasteiger partial charge in [-0.3, -0.25) is 4.79 Å². The monoisotopic (exact) mass is 552 g/mol. The Labute approximate surface area is 234 Å². The number of hydrogen-bond donors (Lipinski definition) is 0. The second-order valence-corrected chi connectivity index (χ2v) is 9.82. The standard InChI is InChI=1S/C16H20O4.C8H4O3.C6H10O.CH2O/c1-11(17)12-7-3-4-8-13(12)16(18)20-15-10-6-5-9-14(15)19-2;9-7-5-3-1-2-4-6(5)8(10)11-7;1-2-4-6-5(3-1)7-6;1-2/h3-4,7-8,14-15H,5-6,9-10H2,1-2H3;1-4H;5-6H,1-4H2;1H2. The molecule has 1 saturated heterocycles. The van der Waals surface area contributed by atoms with Crippen molar-refractivity contribution in [1.29, 1.82) is 0 Å². The molecule has 4 unspecified atom stereocenters. The molecule has 2 aliphatic heterocycles. The fourth-order valence-electron chi connectivity index (χ4n) is 5.05. The second kappa shape index (κ2) is 15.2. The van der Waals surface area contributed by atoms with Gasteiger partial charge in [-0.15, -0.1) is 0 Å². The van der Waals surface area contributed by atoms with E-state index in [4.69, 9.17) is 19.0 Å². The predicted molar refractivity (Wildman–Crippen MR) is 145 cm³/mol. The SMILES string of the molecule is C1CCC2OC2C1.C=O.COC1CCCCC1OC(=O)c1ccccc1C(C)=O.O=C1OC(=O)c2ccccc21. The molecule has 9 nitrogen and oxygen atoms in total. The lowest BCUT2D eigenvalue weighted by Crippen LogP contribution is -2.35. The van der Waals surface area contributed by atoms with Gasteiger partial charge in [0.25, 0.3) is 0 Å². The topological polar surface area (TPSA) is 126 Å². The number of ketones is 1. The van der Waals surface area contributed by atoms with E-state index < -0.39 is 17.9 Å². The number of carbonyl (C=O) groups excluding carboxylic acids is 5. The van der Waals surface area contributed by atoms with Crippen molar-refractivity contribution >= 4 is 30.5 Å². The van der Waals surface area contributed by atoms with E-state index in [0.29, 0.717) is 34.5 Å². The van der Waals surface area contributed by atoms with Gasteiger partial charge in [0.2, 0.25) is 0 Å². The van der Waals surface area contributed by atoms with Crippen LogP contribution in [-0.4, -0.2) is 62.0 Å². The molecule has 2 saturated carbocycles. The molecule has 2 aromatic carbocycles. The first-order valence-corrected chi connectivity index (χ1v) is 13.5. The normalized spacial score (nSPS) is 23.6. The average molecular weight is 553 g/mol. The van der Waals surface area contributed by atoms with Gasteiger partial charge in [0, 0.05) is 12.7 Å². The quantitative estimate of drug-likeness (QED) is 0.219. The number of benzene rings is 2. The maximum absolute atomic E-state index is 12.3. The number of cyclic esters (lactones) is 2. The Hall–Kier alpha value is -3.69. The van der Waals surface area contributed by atoms with Crippen LogP contribution in [0.3, 0.4) is 0 Å². The summed E-state index contributed by atoms with van der Waals surface area (Å²) < 4.78 is 20.6.